The van der Waals surface area contributed by atoms with Gasteiger partial charge in [-0.2, -0.15) is 0 Å². The van der Waals surface area contributed by atoms with Crippen LogP contribution in [0.15, 0.2) is 0 Å². The summed E-state index contributed by atoms with van der Waals surface area (Å²) in [5.41, 5.74) is 0. The van der Waals surface area contributed by atoms with Crippen molar-refractivity contribution in [1.29, 1.82) is 0 Å². The molecule has 0 fully saturated rings. The maximum atomic E-state index is 3.06. The van der Waals surface area contributed by atoms with Crippen molar-refractivity contribution in [3.63, 3.8) is 0 Å². The van der Waals surface area contributed by atoms with Gasteiger partial charge in [0, 0.05) is 0 Å². The van der Waals surface area contributed by atoms with E-state index in [4.69, 9.17) is 0 Å². The molecule has 0 aliphatic carbocycles. The number of hydrogen-bond donors (Lipinski definition) is 0. The number of hydrogen-bond acceptors (Lipinski definition) is 0. The van der Waals surface area contributed by atoms with Crippen LogP contribution in [0.3, 0.4) is 0 Å². The van der Waals surface area contributed by atoms with Gasteiger partial charge in [-0.15, -0.1) is 0 Å². The van der Waals surface area contributed by atoms with E-state index >= 15 is 0 Å². The normalized spacial score (nSPS) is 1.50. The zero-order valence-electron chi connectivity index (χ0n) is 2.17. The standard InChI is InChI=1S/CH2Br.BrH.Mg/c1-2;;/h1H2;1H;/q-1;;+2/p-1. The average Bonchev–Trinajstić information content (AvgIpc) is 1.00. The van der Waals surface area contributed by atoms with Crippen LogP contribution in [0.25, 0.3) is 0 Å². The number of rotatable bonds is 0. The number of halogens is 2. The molecule has 0 aliphatic heterocycles. The fourth-order valence-electron chi connectivity index (χ4n) is 0. The van der Waals surface area contributed by atoms with Crippen molar-refractivity contribution in [2.45, 2.75) is 0 Å². The van der Waals surface area contributed by atoms with Gasteiger partial charge in [0.05, 0.1) is 0 Å². The van der Waals surface area contributed by atoms with Crippen molar-refractivity contribution in [1.82, 2.24) is 0 Å². The van der Waals surface area contributed by atoms with Crippen molar-refractivity contribution < 1.29 is 17.0 Å². The Labute approximate surface area is 61.4 Å². The second-order valence-corrected chi connectivity index (χ2v) is 0. The molecule has 0 aliphatic rings. The molecular formula is CH2Br2Mg. The molecule has 0 aromatic heterocycles. The molecule has 0 spiro atoms. The smallest absolute Gasteiger partial charge is 1.00 e. The van der Waals surface area contributed by atoms with Gasteiger partial charge in [-0.1, -0.05) is 0 Å². The summed E-state index contributed by atoms with van der Waals surface area (Å²) in [5.74, 6) is 3.06. The predicted octanol–water partition coefficient (Wildman–Crippen LogP) is -2.20. The van der Waals surface area contributed by atoms with Crippen molar-refractivity contribution in [3.05, 3.63) is 5.83 Å². The van der Waals surface area contributed by atoms with Crippen molar-refractivity contribution in [2.75, 3.05) is 0 Å². The SMILES string of the molecule is [Br-].[CH2-]Br.[Mg+2]. The first-order chi connectivity index (χ1) is 1.00. The van der Waals surface area contributed by atoms with Crippen molar-refractivity contribution in [2.24, 2.45) is 0 Å². The molecule has 4 heavy (non-hydrogen) atoms. The molecule has 0 rings (SSSR count). The molecular weight excluding hydrogens is 196 g/mol. The van der Waals surface area contributed by atoms with Gasteiger partial charge in [0.15, 0.2) is 0 Å². The zero-order valence-corrected chi connectivity index (χ0v) is 6.76. The van der Waals surface area contributed by atoms with Gasteiger partial charge in [-0.3, -0.25) is 5.83 Å². The summed E-state index contributed by atoms with van der Waals surface area (Å²) in [6.45, 7) is 0. The monoisotopic (exact) mass is 196 g/mol. The first-order valence-corrected chi connectivity index (χ1v) is 1.39. The Morgan fingerprint density at radius 1 is 1.25 bits per heavy atom. The molecule has 22 valence electrons. The Morgan fingerprint density at radius 3 is 1.25 bits per heavy atom. The van der Waals surface area contributed by atoms with Crippen LogP contribution in [0, 0.1) is 5.83 Å². The minimum absolute atomic E-state index is 0. The largest absolute Gasteiger partial charge is 2.00 e. The Kier molecular flexibility index (Phi) is 94.7. The van der Waals surface area contributed by atoms with Gasteiger partial charge in [0.25, 0.3) is 0 Å². The summed E-state index contributed by atoms with van der Waals surface area (Å²) >= 11 is 2.69. The van der Waals surface area contributed by atoms with E-state index < -0.39 is 0 Å². The average molecular weight is 198 g/mol. The molecule has 0 saturated heterocycles. The van der Waals surface area contributed by atoms with Crippen LogP contribution in [0.2, 0.25) is 0 Å². The van der Waals surface area contributed by atoms with E-state index in [1.54, 1.807) is 0 Å². The minimum Gasteiger partial charge on any atom is -1.00 e. The first-order valence-electron chi connectivity index (χ1n) is 0.267. The third-order valence-electron chi connectivity index (χ3n) is 0. The second kappa shape index (κ2) is 22.0. The first kappa shape index (κ1) is 17.2. The quantitative estimate of drug-likeness (QED) is 0.306. The molecule has 3 heteroatoms. The van der Waals surface area contributed by atoms with Gasteiger partial charge < -0.3 is 32.9 Å². The van der Waals surface area contributed by atoms with Crippen LogP contribution in [-0.4, -0.2) is 23.1 Å². The molecule has 0 radical (unpaired) electrons. The van der Waals surface area contributed by atoms with Gasteiger partial charge in [0.1, 0.15) is 0 Å². The molecule has 0 aromatic carbocycles. The molecule has 0 bridgehead atoms. The van der Waals surface area contributed by atoms with E-state index in [-0.39, 0.29) is 40.0 Å². The molecule has 0 heterocycles. The Hall–Kier alpha value is 1.73. The van der Waals surface area contributed by atoms with E-state index in [1.165, 1.54) is 0 Å². The van der Waals surface area contributed by atoms with Gasteiger partial charge in [-0.25, -0.2) is 0 Å². The van der Waals surface area contributed by atoms with Gasteiger partial charge in [0.2, 0.25) is 0 Å². The van der Waals surface area contributed by atoms with Crippen molar-refractivity contribution in [3.8, 4) is 0 Å². The van der Waals surface area contributed by atoms with Crippen LogP contribution in [0.5, 0.6) is 0 Å². The molecule has 0 atom stereocenters. The van der Waals surface area contributed by atoms with E-state index in [1.807, 2.05) is 0 Å². The van der Waals surface area contributed by atoms with Crippen LogP contribution in [0.4, 0.5) is 0 Å². The summed E-state index contributed by atoms with van der Waals surface area (Å²) in [4.78, 5) is 0. The predicted molar refractivity (Wildman–Crippen MR) is 20.0 cm³/mol. The fraction of sp³-hybridized carbons (Fsp3) is 0. The summed E-state index contributed by atoms with van der Waals surface area (Å²) in [5, 5.41) is 0. The zero-order chi connectivity index (χ0) is 2.00. The maximum Gasteiger partial charge on any atom is 2.00 e. The van der Waals surface area contributed by atoms with Crippen LogP contribution in [0.1, 0.15) is 0 Å². The fourth-order valence-corrected chi connectivity index (χ4v) is 0. The van der Waals surface area contributed by atoms with Crippen LogP contribution < -0.4 is 17.0 Å². The third kappa shape index (κ3) is 9.29. The van der Waals surface area contributed by atoms with E-state index in [2.05, 4.69) is 21.8 Å². The van der Waals surface area contributed by atoms with E-state index in [0.717, 1.165) is 0 Å². The maximum absolute atomic E-state index is 3.06. The molecule has 0 N–H and O–H groups in total. The Morgan fingerprint density at radius 2 is 1.25 bits per heavy atom. The molecule has 0 nitrogen and oxygen atoms in total. The molecule has 0 aromatic rings. The molecule has 0 amide bonds. The molecule has 0 saturated carbocycles. The topological polar surface area (TPSA) is 0 Å². The summed E-state index contributed by atoms with van der Waals surface area (Å²) in [6, 6.07) is 0. The summed E-state index contributed by atoms with van der Waals surface area (Å²) < 4.78 is 0. The van der Waals surface area contributed by atoms with E-state index in [0.29, 0.717) is 0 Å². The van der Waals surface area contributed by atoms with Crippen molar-refractivity contribution >= 4 is 39.0 Å². The molecule has 0 unspecified atom stereocenters. The van der Waals surface area contributed by atoms with Crippen LogP contribution in [-0.2, 0) is 0 Å². The van der Waals surface area contributed by atoms with Gasteiger partial charge in [-0.05, 0) is 0 Å². The van der Waals surface area contributed by atoms with Crippen LogP contribution >= 0.6 is 15.9 Å². The van der Waals surface area contributed by atoms with Gasteiger partial charge >= 0.3 is 23.1 Å². The van der Waals surface area contributed by atoms with E-state index in [9.17, 15) is 0 Å². The third-order valence-corrected chi connectivity index (χ3v) is 0. The minimum atomic E-state index is 0. The second-order valence-electron chi connectivity index (χ2n) is 0. The summed E-state index contributed by atoms with van der Waals surface area (Å²) in [7, 11) is 0. The Balaban J connectivity index is -0.00000000500. The summed E-state index contributed by atoms with van der Waals surface area (Å²) in [6.07, 6.45) is 0. The Bertz CT molecular complexity index is 6.00.